The highest BCUT2D eigenvalue weighted by Crippen LogP contribution is 2.14. The summed E-state index contributed by atoms with van der Waals surface area (Å²) < 4.78 is 0. The van der Waals surface area contributed by atoms with E-state index in [9.17, 15) is 0 Å². The van der Waals surface area contributed by atoms with Crippen LogP contribution in [-0.2, 0) is 0 Å². The lowest BCUT2D eigenvalue weighted by Gasteiger charge is -1.95. The number of hydrogen-bond donors (Lipinski definition) is 0. The van der Waals surface area contributed by atoms with Gasteiger partial charge in [0, 0.05) is 12.1 Å². The van der Waals surface area contributed by atoms with Crippen LogP contribution in [0.4, 0.5) is 5.69 Å². The topological polar surface area (TPSA) is 28.1 Å². The summed E-state index contributed by atoms with van der Waals surface area (Å²) in [6.45, 7) is 2.09. The molecule has 0 amide bonds. The quantitative estimate of drug-likeness (QED) is 0.317. The molecule has 2 nitrogen and oxygen atoms in total. The van der Waals surface area contributed by atoms with Gasteiger partial charge < -0.3 is 0 Å². The average molecular weight is 375 g/mol. The minimum atomic E-state index is 0.553. The monoisotopic (exact) mass is 375 g/mol. The molecule has 3 aromatic rings. The minimum absolute atomic E-state index is 0.553. The van der Waals surface area contributed by atoms with Crippen molar-refractivity contribution in [3.05, 3.63) is 130 Å². The highest BCUT2D eigenvalue weighted by molar-refractivity contribution is 5.61. The van der Waals surface area contributed by atoms with E-state index in [0.717, 1.165) is 11.1 Å². The van der Waals surface area contributed by atoms with Crippen LogP contribution in [-0.4, -0.2) is 0 Å². The maximum Gasteiger partial charge on any atom is 0.385 e. The fourth-order valence-corrected chi connectivity index (χ4v) is 2.71. The second kappa shape index (κ2) is 10.4. The fourth-order valence-electron chi connectivity index (χ4n) is 2.71. The Kier molecular flexibility index (Phi) is 7.09. The molecule has 0 atom stereocenters. The number of rotatable bonds is 6. The van der Waals surface area contributed by atoms with Crippen LogP contribution >= 0.6 is 0 Å². The van der Waals surface area contributed by atoms with E-state index in [2.05, 4.69) is 90.8 Å². The minimum Gasteiger partial charge on any atom is -0.0617 e. The Morgan fingerprint density at radius 1 is 0.517 bits per heavy atom. The molecule has 29 heavy (non-hydrogen) atoms. The van der Waals surface area contributed by atoms with Crippen LogP contribution in [0.3, 0.4) is 0 Å². The van der Waals surface area contributed by atoms with Crippen molar-refractivity contribution in [3.63, 3.8) is 0 Å². The molecule has 0 aliphatic heterocycles. The van der Waals surface area contributed by atoms with Crippen LogP contribution < -0.4 is 0 Å². The maximum atomic E-state index is 8.69. The van der Waals surface area contributed by atoms with E-state index in [-0.39, 0.29) is 0 Å². The van der Waals surface area contributed by atoms with Gasteiger partial charge in [-0.2, -0.15) is 0 Å². The number of benzene rings is 3. The predicted molar refractivity (Wildman–Crippen MR) is 125 cm³/mol. The SMILES string of the molecule is Cc1ccc(C=CC=Cc2ccc(C=CC=Cc3ccc([N+]#N)cc3)cc2)cc1. The highest BCUT2D eigenvalue weighted by Gasteiger charge is 2.00. The van der Waals surface area contributed by atoms with Crippen LogP contribution in [0.2, 0.25) is 0 Å². The summed E-state index contributed by atoms with van der Waals surface area (Å²) in [5, 5.41) is 8.69. The number of hydrogen-bond acceptors (Lipinski definition) is 1. The summed E-state index contributed by atoms with van der Waals surface area (Å²) in [4.78, 5) is 3.15. The second-order valence-corrected chi connectivity index (χ2v) is 6.71. The average Bonchev–Trinajstić information content (AvgIpc) is 2.77. The molecule has 0 aromatic heterocycles. The summed E-state index contributed by atoms with van der Waals surface area (Å²) in [5.74, 6) is 0. The first kappa shape index (κ1) is 19.8. The largest absolute Gasteiger partial charge is 0.385 e. The third kappa shape index (κ3) is 6.61. The zero-order valence-corrected chi connectivity index (χ0v) is 16.4. The molecule has 3 rings (SSSR count). The first-order chi connectivity index (χ1) is 14.2. The van der Waals surface area contributed by atoms with E-state index in [1.807, 2.05) is 30.4 Å². The van der Waals surface area contributed by atoms with Crippen LogP contribution in [0, 0.1) is 12.3 Å². The molecule has 140 valence electrons. The van der Waals surface area contributed by atoms with Crippen LogP contribution in [0.1, 0.15) is 27.8 Å². The predicted octanol–water partition coefficient (Wildman–Crippen LogP) is 7.93. The molecule has 0 spiro atoms. The molecule has 0 radical (unpaired) electrons. The molecule has 0 saturated heterocycles. The van der Waals surface area contributed by atoms with E-state index in [0.29, 0.717) is 5.69 Å². The second-order valence-electron chi connectivity index (χ2n) is 6.71. The van der Waals surface area contributed by atoms with Gasteiger partial charge in [-0.3, -0.25) is 0 Å². The van der Waals surface area contributed by atoms with Crippen molar-refractivity contribution >= 4 is 30.0 Å². The Balaban J connectivity index is 1.52. The molecule has 0 saturated carbocycles. The zero-order chi connectivity index (χ0) is 20.3. The van der Waals surface area contributed by atoms with Crippen molar-refractivity contribution < 1.29 is 0 Å². The standard InChI is InChI=1S/C27H23N2/c1-22-10-12-23(13-11-22)6-2-3-7-24-14-16-25(17-15-24)8-4-5-9-26-18-20-27(29-28)21-19-26/h2-21H,1H3/q+1. The molecule has 0 aliphatic carbocycles. The Bertz CT molecular complexity index is 1070. The van der Waals surface area contributed by atoms with Gasteiger partial charge in [0.25, 0.3) is 0 Å². The summed E-state index contributed by atoms with van der Waals surface area (Å²) in [7, 11) is 0. The molecule has 0 N–H and O–H groups in total. The lowest BCUT2D eigenvalue weighted by molar-refractivity contribution is 1.46. The molecule has 0 heterocycles. The first-order valence-electron chi connectivity index (χ1n) is 9.54. The third-order valence-corrected chi connectivity index (χ3v) is 4.40. The van der Waals surface area contributed by atoms with Crippen molar-refractivity contribution in [2.75, 3.05) is 0 Å². The highest BCUT2D eigenvalue weighted by atomic mass is 14.8. The van der Waals surface area contributed by atoms with Gasteiger partial charge in [0.2, 0.25) is 5.39 Å². The van der Waals surface area contributed by atoms with E-state index in [1.165, 1.54) is 16.7 Å². The molecule has 0 fully saturated rings. The van der Waals surface area contributed by atoms with Crippen LogP contribution in [0.15, 0.2) is 97.1 Å². The van der Waals surface area contributed by atoms with E-state index in [4.69, 9.17) is 5.39 Å². The molecule has 0 unspecified atom stereocenters. The van der Waals surface area contributed by atoms with Gasteiger partial charge in [-0.05, 0) is 41.3 Å². The van der Waals surface area contributed by atoms with Gasteiger partial charge >= 0.3 is 5.69 Å². The summed E-state index contributed by atoms with van der Waals surface area (Å²) in [5.41, 5.74) is 6.40. The Morgan fingerprint density at radius 3 is 1.17 bits per heavy atom. The molecular weight excluding hydrogens is 352 g/mol. The van der Waals surface area contributed by atoms with Gasteiger partial charge in [-0.1, -0.05) is 103 Å². The lowest BCUT2D eigenvalue weighted by Crippen LogP contribution is -1.74. The van der Waals surface area contributed by atoms with Gasteiger partial charge in [0.05, 0.1) is 0 Å². The number of aryl methyl sites for hydroxylation is 1. The first-order valence-corrected chi connectivity index (χ1v) is 9.54. The van der Waals surface area contributed by atoms with Crippen molar-refractivity contribution in [2.45, 2.75) is 6.92 Å². The summed E-state index contributed by atoms with van der Waals surface area (Å²) in [6.07, 6.45) is 16.4. The Labute approximate surface area is 172 Å². The van der Waals surface area contributed by atoms with Crippen LogP contribution in [0.5, 0.6) is 0 Å². The molecule has 2 heteroatoms. The smallest absolute Gasteiger partial charge is 0.0617 e. The van der Waals surface area contributed by atoms with Crippen molar-refractivity contribution in [1.29, 1.82) is 5.39 Å². The van der Waals surface area contributed by atoms with Crippen molar-refractivity contribution in [1.82, 2.24) is 0 Å². The number of nitrogens with zero attached hydrogens (tertiary/aromatic N) is 2. The normalized spacial score (nSPS) is 11.7. The summed E-state index contributed by atoms with van der Waals surface area (Å²) >= 11 is 0. The third-order valence-electron chi connectivity index (χ3n) is 4.40. The molecule has 3 aromatic carbocycles. The van der Waals surface area contributed by atoms with Gasteiger partial charge in [0.15, 0.2) is 4.98 Å². The molecule has 0 aliphatic rings. The fraction of sp³-hybridized carbons (Fsp3) is 0.0370. The van der Waals surface area contributed by atoms with Crippen LogP contribution in [0.25, 0.3) is 29.3 Å². The Hall–Kier alpha value is -3.96. The summed E-state index contributed by atoms with van der Waals surface area (Å²) in [6, 6.07) is 24.3. The van der Waals surface area contributed by atoms with Crippen molar-refractivity contribution in [3.8, 4) is 0 Å². The molecular formula is C27H23N2+. The van der Waals surface area contributed by atoms with E-state index < -0.39 is 0 Å². The number of allylic oxidation sites excluding steroid dienone is 4. The van der Waals surface area contributed by atoms with Gasteiger partial charge in [-0.15, -0.1) is 0 Å². The molecule has 0 bridgehead atoms. The van der Waals surface area contributed by atoms with Crippen molar-refractivity contribution in [2.24, 2.45) is 0 Å². The maximum absolute atomic E-state index is 8.69. The van der Waals surface area contributed by atoms with E-state index >= 15 is 0 Å². The van der Waals surface area contributed by atoms with E-state index in [1.54, 1.807) is 12.1 Å². The number of diazo groups is 1. The van der Waals surface area contributed by atoms with Gasteiger partial charge in [-0.25, -0.2) is 0 Å². The Morgan fingerprint density at radius 2 is 0.828 bits per heavy atom. The van der Waals surface area contributed by atoms with Gasteiger partial charge in [0.1, 0.15) is 0 Å². The lowest BCUT2D eigenvalue weighted by atomic mass is 10.1. The zero-order valence-electron chi connectivity index (χ0n) is 16.4.